The lowest BCUT2D eigenvalue weighted by atomic mass is 9.92. The zero-order valence-electron chi connectivity index (χ0n) is 11.3. The second-order valence-electron chi connectivity index (χ2n) is 5.24. The van der Waals surface area contributed by atoms with Gasteiger partial charge in [0.15, 0.2) is 0 Å². The van der Waals surface area contributed by atoms with E-state index in [0.29, 0.717) is 6.42 Å². The summed E-state index contributed by atoms with van der Waals surface area (Å²) in [6, 6.07) is 16.2. The van der Waals surface area contributed by atoms with Crippen LogP contribution in [0.25, 0.3) is 0 Å². The molecule has 0 aliphatic carbocycles. The van der Waals surface area contributed by atoms with Crippen molar-refractivity contribution in [2.75, 3.05) is 5.32 Å². The van der Waals surface area contributed by atoms with Crippen molar-refractivity contribution < 1.29 is 4.79 Å². The van der Waals surface area contributed by atoms with E-state index in [9.17, 15) is 4.79 Å². The fraction of sp³-hybridized carbons (Fsp3) is 0.235. The second-order valence-corrected chi connectivity index (χ2v) is 5.71. The minimum Gasteiger partial charge on any atom is -0.326 e. The molecule has 2 atom stereocenters. The van der Waals surface area contributed by atoms with Crippen LogP contribution in [0.4, 0.5) is 5.69 Å². The third kappa shape index (κ3) is 2.44. The van der Waals surface area contributed by atoms with Crippen LogP contribution < -0.4 is 5.32 Å². The first kappa shape index (κ1) is 13.2. The summed E-state index contributed by atoms with van der Waals surface area (Å²) < 4.78 is 0. The van der Waals surface area contributed by atoms with Crippen LogP contribution in [0.5, 0.6) is 0 Å². The molecular formula is C17H16ClNO. The fourth-order valence-corrected chi connectivity index (χ4v) is 2.92. The molecule has 2 unspecified atom stereocenters. The standard InChI is InChI=1S/C17H16ClNO/c1-11(12-5-3-2-4-6-12)17(18)13-7-8-15-14(9-13)10-16(20)19-15/h2-9,11,17H,10H2,1H3,(H,19,20). The van der Waals surface area contributed by atoms with Crippen molar-refractivity contribution in [2.45, 2.75) is 24.6 Å². The molecule has 1 aliphatic heterocycles. The molecule has 0 saturated heterocycles. The van der Waals surface area contributed by atoms with Gasteiger partial charge < -0.3 is 5.32 Å². The van der Waals surface area contributed by atoms with Crippen molar-refractivity contribution >= 4 is 23.2 Å². The number of rotatable bonds is 3. The minimum atomic E-state index is -0.0987. The Hall–Kier alpha value is -1.80. The summed E-state index contributed by atoms with van der Waals surface area (Å²) in [5.41, 5.74) is 4.24. The van der Waals surface area contributed by atoms with Gasteiger partial charge in [-0.1, -0.05) is 49.4 Å². The predicted molar refractivity (Wildman–Crippen MR) is 82.2 cm³/mol. The van der Waals surface area contributed by atoms with Crippen LogP contribution >= 0.6 is 11.6 Å². The van der Waals surface area contributed by atoms with Crippen molar-refractivity contribution in [1.29, 1.82) is 0 Å². The molecule has 1 aliphatic rings. The highest BCUT2D eigenvalue weighted by Crippen LogP contribution is 2.38. The molecule has 1 heterocycles. The normalized spacial score (nSPS) is 16.4. The van der Waals surface area contributed by atoms with Crippen molar-refractivity contribution in [1.82, 2.24) is 0 Å². The Labute approximate surface area is 123 Å². The van der Waals surface area contributed by atoms with E-state index in [1.54, 1.807) is 0 Å². The van der Waals surface area contributed by atoms with E-state index in [-0.39, 0.29) is 17.2 Å². The first-order valence-corrected chi connectivity index (χ1v) is 7.20. The number of amides is 1. The monoisotopic (exact) mass is 285 g/mol. The van der Waals surface area contributed by atoms with Crippen LogP contribution in [0.15, 0.2) is 48.5 Å². The zero-order valence-corrected chi connectivity index (χ0v) is 12.0. The quantitative estimate of drug-likeness (QED) is 0.839. The van der Waals surface area contributed by atoms with Gasteiger partial charge in [0.2, 0.25) is 5.91 Å². The Morgan fingerprint density at radius 3 is 2.60 bits per heavy atom. The number of fused-ring (bicyclic) bond motifs is 1. The van der Waals surface area contributed by atoms with Gasteiger partial charge in [0, 0.05) is 11.6 Å². The highest BCUT2D eigenvalue weighted by molar-refractivity contribution is 6.21. The summed E-state index contributed by atoms with van der Waals surface area (Å²) in [7, 11) is 0. The number of carbonyl (C=O) groups excluding carboxylic acids is 1. The number of hydrogen-bond donors (Lipinski definition) is 1. The van der Waals surface area contributed by atoms with Gasteiger partial charge in [-0.05, 0) is 22.8 Å². The molecule has 2 aromatic carbocycles. The third-order valence-corrected chi connectivity index (χ3v) is 4.47. The number of halogens is 1. The average molecular weight is 286 g/mol. The maximum atomic E-state index is 11.4. The lowest BCUT2D eigenvalue weighted by molar-refractivity contribution is -0.115. The van der Waals surface area contributed by atoms with Crippen LogP contribution in [0.3, 0.4) is 0 Å². The van der Waals surface area contributed by atoms with E-state index in [0.717, 1.165) is 16.8 Å². The number of alkyl halides is 1. The molecule has 0 aromatic heterocycles. The summed E-state index contributed by atoms with van der Waals surface area (Å²) >= 11 is 6.62. The van der Waals surface area contributed by atoms with E-state index >= 15 is 0 Å². The number of carbonyl (C=O) groups is 1. The molecule has 102 valence electrons. The molecule has 0 radical (unpaired) electrons. The minimum absolute atomic E-state index is 0.0550. The molecule has 3 heteroatoms. The summed E-state index contributed by atoms with van der Waals surface area (Å²) in [5, 5.41) is 2.74. The Bertz CT molecular complexity index is 639. The van der Waals surface area contributed by atoms with Crippen molar-refractivity contribution in [3.05, 3.63) is 65.2 Å². The summed E-state index contributed by atoms with van der Waals surface area (Å²) in [6.07, 6.45) is 0.451. The molecule has 20 heavy (non-hydrogen) atoms. The molecule has 2 nitrogen and oxygen atoms in total. The SMILES string of the molecule is CC(c1ccccc1)C(Cl)c1ccc2c(c1)CC(=O)N2. The number of benzene rings is 2. The van der Waals surface area contributed by atoms with E-state index < -0.39 is 0 Å². The second kappa shape index (κ2) is 5.29. The van der Waals surface area contributed by atoms with Crippen LogP contribution in [0, 0.1) is 0 Å². The Balaban J connectivity index is 1.86. The van der Waals surface area contributed by atoms with E-state index in [4.69, 9.17) is 11.6 Å². The Morgan fingerprint density at radius 1 is 1.10 bits per heavy atom. The smallest absolute Gasteiger partial charge is 0.228 e. The van der Waals surface area contributed by atoms with Crippen molar-refractivity contribution in [2.24, 2.45) is 0 Å². The molecule has 0 bridgehead atoms. The van der Waals surface area contributed by atoms with Crippen LogP contribution in [0.1, 0.15) is 34.9 Å². The summed E-state index contributed by atoms with van der Waals surface area (Å²) in [5.74, 6) is 0.278. The van der Waals surface area contributed by atoms with Gasteiger partial charge in [-0.25, -0.2) is 0 Å². The van der Waals surface area contributed by atoms with Gasteiger partial charge in [0.25, 0.3) is 0 Å². The molecule has 2 aromatic rings. The van der Waals surface area contributed by atoms with Gasteiger partial charge in [-0.2, -0.15) is 0 Å². The van der Waals surface area contributed by atoms with Crippen molar-refractivity contribution in [3.63, 3.8) is 0 Å². The van der Waals surface area contributed by atoms with Crippen molar-refractivity contribution in [3.8, 4) is 0 Å². The van der Waals surface area contributed by atoms with Gasteiger partial charge in [-0.3, -0.25) is 4.79 Å². The Kier molecular flexibility index (Phi) is 3.49. The summed E-state index contributed by atoms with van der Waals surface area (Å²) in [6.45, 7) is 2.13. The predicted octanol–water partition coefficient (Wildman–Crippen LogP) is 4.26. The van der Waals surface area contributed by atoms with E-state index in [1.807, 2.05) is 36.4 Å². The molecule has 0 saturated carbocycles. The molecular weight excluding hydrogens is 270 g/mol. The van der Waals surface area contributed by atoms with E-state index in [2.05, 4.69) is 24.4 Å². The molecule has 0 fully saturated rings. The first-order valence-electron chi connectivity index (χ1n) is 6.77. The van der Waals surface area contributed by atoms with Crippen LogP contribution in [-0.4, -0.2) is 5.91 Å². The van der Waals surface area contributed by atoms with Gasteiger partial charge >= 0.3 is 0 Å². The van der Waals surface area contributed by atoms with Crippen LogP contribution in [-0.2, 0) is 11.2 Å². The van der Waals surface area contributed by atoms with E-state index in [1.165, 1.54) is 5.56 Å². The molecule has 0 spiro atoms. The van der Waals surface area contributed by atoms with Gasteiger partial charge in [-0.15, -0.1) is 11.6 Å². The molecule has 1 N–H and O–H groups in total. The topological polar surface area (TPSA) is 29.1 Å². The number of hydrogen-bond acceptors (Lipinski definition) is 1. The van der Waals surface area contributed by atoms with Gasteiger partial charge in [0.1, 0.15) is 0 Å². The number of anilines is 1. The largest absolute Gasteiger partial charge is 0.326 e. The summed E-state index contributed by atoms with van der Waals surface area (Å²) in [4.78, 5) is 11.4. The first-order chi connectivity index (χ1) is 9.65. The highest BCUT2D eigenvalue weighted by atomic mass is 35.5. The highest BCUT2D eigenvalue weighted by Gasteiger charge is 2.22. The fourth-order valence-electron chi connectivity index (χ4n) is 2.63. The lowest BCUT2D eigenvalue weighted by Crippen LogP contribution is -2.03. The van der Waals surface area contributed by atoms with Gasteiger partial charge in [0.05, 0.1) is 11.8 Å². The lowest BCUT2D eigenvalue weighted by Gasteiger charge is -2.19. The zero-order chi connectivity index (χ0) is 14.1. The molecule has 3 rings (SSSR count). The maximum absolute atomic E-state index is 11.4. The average Bonchev–Trinajstić information content (AvgIpc) is 2.85. The Morgan fingerprint density at radius 2 is 1.85 bits per heavy atom. The number of nitrogens with one attached hydrogen (secondary N) is 1. The van der Waals surface area contributed by atoms with Crippen LogP contribution in [0.2, 0.25) is 0 Å². The third-order valence-electron chi connectivity index (χ3n) is 3.84. The maximum Gasteiger partial charge on any atom is 0.228 e. The molecule has 1 amide bonds.